The van der Waals surface area contributed by atoms with Crippen LogP contribution in [0.25, 0.3) is 32.1 Å². The van der Waals surface area contributed by atoms with Gasteiger partial charge in [-0.05, 0) is 41.3 Å². The molecule has 7 nitrogen and oxygen atoms in total. The SMILES string of the molecule is NCCNS(=O)(=O)c1ccc(-c2c(O)ccc3[nH]c(=O)c4sccc4c23)cc1. The fraction of sp³-hybridized carbons (Fsp3) is 0.105. The van der Waals surface area contributed by atoms with Gasteiger partial charge in [-0.2, -0.15) is 0 Å². The minimum absolute atomic E-state index is 0.0453. The van der Waals surface area contributed by atoms with E-state index in [4.69, 9.17) is 5.73 Å². The van der Waals surface area contributed by atoms with Crippen molar-refractivity contribution in [3.8, 4) is 16.9 Å². The first-order valence-corrected chi connectivity index (χ1v) is 10.8. The summed E-state index contributed by atoms with van der Waals surface area (Å²) < 4.78 is 27.5. The van der Waals surface area contributed by atoms with Gasteiger partial charge in [-0.25, -0.2) is 13.1 Å². The first-order chi connectivity index (χ1) is 13.4. The number of pyridine rings is 1. The molecule has 0 amide bonds. The maximum atomic E-state index is 12.2. The van der Waals surface area contributed by atoms with E-state index in [1.165, 1.54) is 29.5 Å². The largest absolute Gasteiger partial charge is 0.507 e. The number of aromatic amines is 1. The number of phenols is 1. The number of benzene rings is 2. The molecule has 4 rings (SSSR count). The molecule has 0 saturated heterocycles. The molecule has 0 spiro atoms. The standard InChI is InChI=1S/C19H17N3O4S2/c20-8-9-21-28(25,26)12-3-1-11(2-4-12)16-15(23)6-5-14-17(16)13-7-10-27-18(13)19(24)22-14/h1-7,10,21,23H,8-9,20H2,(H,22,24). The number of aromatic hydroxyl groups is 1. The molecule has 0 fully saturated rings. The van der Waals surface area contributed by atoms with Crippen molar-refractivity contribution >= 4 is 42.3 Å². The van der Waals surface area contributed by atoms with Crippen LogP contribution in [0.15, 0.2) is 57.5 Å². The highest BCUT2D eigenvalue weighted by Gasteiger charge is 2.17. The van der Waals surface area contributed by atoms with Crippen molar-refractivity contribution in [2.75, 3.05) is 13.1 Å². The molecule has 9 heteroatoms. The highest BCUT2D eigenvalue weighted by molar-refractivity contribution is 7.89. The zero-order chi connectivity index (χ0) is 19.9. The van der Waals surface area contributed by atoms with E-state index in [2.05, 4.69) is 9.71 Å². The predicted octanol–water partition coefficient (Wildman–Crippen LogP) is 2.35. The summed E-state index contributed by atoms with van der Waals surface area (Å²) in [6, 6.07) is 11.2. The summed E-state index contributed by atoms with van der Waals surface area (Å²) in [7, 11) is -3.64. The second-order valence-corrected chi connectivity index (χ2v) is 8.89. The Kier molecular flexibility index (Phi) is 4.68. The summed E-state index contributed by atoms with van der Waals surface area (Å²) >= 11 is 1.33. The number of nitrogens with one attached hydrogen (secondary N) is 2. The Bertz CT molecular complexity index is 1340. The number of nitrogens with two attached hydrogens (primary N) is 1. The molecule has 0 aliphatic heterocycles. The Labute approximate surface area is 164 Å². The van der Waals surface area contributed by atoms with Crippen LogP contribution in [-0.2, 0) is 10.0 Å². The number of H-pyrrole nitrogens is 1. The lowest BCUT2D eigenvalue weighted by atomic mass is 9.97. The van der Waals surface area contributed by atoms with E-state index in [9.17, 15) is 18.3 Å². The topological polar surface area (TPSA) is 125 Å². The van der Waals surface area contributed by atoms with Crippen molar-refractivity contribution in [2.45, 2.75) is 4.90 Å². The molecule has 2 aromatic carbocycles. The van der Waals surface area contributed by atoms with Crippen LogP contribution in [0.2, 0.25) is 0 Å². The molecule has 2 aromatic heterocycles. The van der Waals surface area contributed by atoms with Crippen molar-refractivity contribution in [2.24, 2.45) is 5.73 Å². The highest BCUT2D eigenvalue weighted by atomic mass is 32.2. The zero-order valence-corrected chi connectivity index (χ0v) is 16.2. The Balaban J connectivity index is 1.91. The third-order valence-electron chi connectivity index (χ3n) is 4.46. The molecular formula is C19H17N3O4S2. The third-order valence-corrected chi connectivity index (χ3v) is 6.85. The fourth-order valence-corrected chi connectivity index (χ4v) is 5.05. The number of fused-ring (bicyclic) bond motifs is 3. The zero-order valence-electron chi connectivity index (χ0n) is 14.6. The second-order valence-electron chi connectivity index (χ2n) is 6.21. The van der Waals surface area contributed by atoms with E-state index >= 15 is 0 Å². The van der Waals surface area contributed by atoms with Crippen molar-refractivity contribution in [1.29, 1.82) is 0 Å². The van der Waals surface area contributed by atoms with Gasteiger partial charge in [-0.1, -0.05) is 12.1 Å². The van der Waals surface area contributed by atoms with Crippen LogP contribution in [0, 0.1) is 0 Å². The molecule has 4 aromatic rings. The molecule has 2 heterocycles. The van der Waals surface area contributed by atoms with Gasteiger partial charge in [0.25, 0.3) is 5.56 Å². The van der Waals surface area contributed by atoms with Gasteiger partial charge < -0.3 is 15.8 Å². The first kappa shape index (κ1) is 18.6. The third kappa shape index (κ3) is 3.08. The number of aromatic nitrogens is 1. The lowest BCUT2D eigenvalue weighted by molar-refractivity contribution is 0.478. The Hall–Kier alpha value is -2.72. The number of hydrogen-bond acceptors (Lipinski definition) is 6. The van der Waals surface area contributed by atoms with Gasteiger partial charge in [0.2, 0.25) is 10.0 Å². The minimum Gasteiger partial charge on any atom is -0.507 e. The number of thiophene rings is 1. The summed E-state index contributed by atoms with van der Waals surface area (Å²) in [5.74, 6) is 0.0453. The molecule has 0 radical (unpaired) electrons. The van der Waals surface area contributed by atoms with Crippen molar-refractivity contribution in [1.82, 2.24) is 9.71 Å². The lowest BCUT2D eigenvalue weighted by Crippen LogP contribution is -2.29. The summed E-state index contributed by atoms with van der Waals surface area (Å²) in [4.78, 5) is 15.2. The van der Waals surface area contributed by atoms with Gasteiger partial charge in [0.15, 0.2) is 0 Å². The monoisotopic (exact) mass is 415 g/mol. The molecule has 0 atom stereocenters. The number of phenolic OH excluding ortho intramolecular Hbond substituents is 1. The summed E-state index contributed by atoms with van der Waals surface area (Å²) in [5.41, 5.74) is 6.95. The molecule has 0 aliphatic carbocycles. The number of sulfonamides is 1. The Morgan fingerprint density at radius 3 is 2.57 bits per heavy atom. The highest BCUT2D eigenvalue weighted by Crippen LogP contribution is 2.39. The van der Waals surface area contributed by atoms with Gasteiger partial charge >= 0.3 is 0 Å². The summed E-state index contributed by atoms with van der Waals surface area (Å²) in [6.45, 7) is 0.355. The molecule has 144 valence electrons. The van der Waals surface area contributed by atoms with Crippen LogP contribution >= 0.6 is 11.3 Å². The lowest BCUT2D eigenvalue weighted by Gasteiger charge is -2.12. The molecule has 0 saturated carbocycles. The molecule has 0 unspecified atom stereocenters. The molecular weight excluding hydrogens is 398 g/mol. The van der Waals surface area contributed by atoms with Crippen LogP contribution in [0.4, 0.5) is 0 Å². The number of hydrogen-bond donors (Lipinski definition) is 4. The fourth-order valence-electron chi connectivity index (χ4n) is 3.21. The quantitative estimate of drug-likeness (QED) is 0.398. The van der Waals surface area contributed by atoms with Crippen LogP contribution in [0.1, 0.15) is 0 Å². The minimum atomic E-state index is -3.64. The average molecular weight is 415 g/mol. The van der Waals surface area contributed by atoms with Crippen LogP contribution in [-0.4, -0.2) is 31.6 Å². The van der Waals surface area contributed by atoms with Gasteiger partial charge in [-0.15, -0.1) is 11.3 Å². The van der Waals surface area contributed by atoms with Crippen LogP contribution in [0.5, 0.6) is 5.75 Å². The van der Waals surface area contributed by atoms with Gasteiger partial charge in [0.05, 0.1) is 4.90 Å². The van der Waals surface area contributed by atoms with Gasteiger partial charge in [0.1, 0.15) is 10.4 Å². The second kappa shape index (κ2) is 7.02. The Morgan fingerprint density at radius 1 is 1.11 bits per heavy atom. The van der Waals surface area contributed by atoms with E-state index in [-0.39, 0.29) is 29.3 Å². The molecule has 0 aliphatic rings. The average Bonchev–Trinajstić information content (AvgIpc) is 3.18. The van der Waals surface area contributed by atoms with E-state index in [0.717, 1.165) is 5.39 Å². The van der Waals surface area contributed by atoms with E-state index in [1.54, 1.807) is 18.2 Å². The molecule has 0 bridgehead atoms. The van der Waals surface area contributed by atoms with Crippen molar-refractivity contribution < 1.29 is 13.5 Å². The maximum Gasteiger partial charge on any atom is 0.266 e. The smallest absolute Gasteiger partial charge is 0.266 e. The normalized spacial score (nSPS) is 12.0. The van der Waals surface area contributed by atoms with E-state index < -0.39 is 10.0 Å². The molecule has 28 heavy (non-hydrogen) atoms. The van der Waals surface area contributed by atoms with Gasteiger partial charge in [-0.3, -0.25) is 4.79 Å². The maximum absolute atomic E-state index is 12.2. The Morgan fingerprint density at radius 2 is 1.86 bits per heavy atom. The van der Waals surface area contributed by atoms with Gasteiger partial charge in [0, 0.05) is 34.9 Å². The van der Waals surface area contributed by atoms with Crippen molar-refractivity contribution in [3.63, 3.8) is 0 Å². The summed E-state index contributed by atoms with van der Waals surface area (Å²) in [5, 5.41) is 13.8. The number of rotatable bonds is 5. The van der Waals surface area contributed by atoms with E-state index in [0.29, 0.717) is 26.7 Å². The van der Waals surface area contributed by atoms with Crippen LogP contribution < -0.4 is 16.0 Å². The summed E-state index contributed by atoms with van der Waals surface area (Å²) in [6.07, 6.45) is 0. The van der Waals surface area contributed by atoms with Crippen LogP contribution in [0.3, 0.4) is 0 Å². The predicted molar refractivity (Wildman–Crippen MR) is 111 cm³/mol. The molecule has 5 N–H and O–H groups in total. The van der Waals surface area contributed by atoms with Crippen molar-refractivity contribution in [3.05, 3.63) is 58.2 Å². The van der Waals surface area contributed by atoms with E-state index in [1.807, 2.05) is 11.4 Å². The first-order valence-electron chi connectivity index (χ1n) is 8.47.